The van der Waals surface area contributed by atoms with Crippen LogP contribution in [0.4, 0.5) is 5.69 Å². The monoisotopic (exact) mass is 236 g/mol. The Kier molecular flexibility index (Phi) is 3.83. The summed E-state index contributed by atoms with van der Waals surface area (Å²) in [5, 5.41) is 11.5. The van der Waals surface area contributed by atoms with E-state index in [1.807, 2.05) is 6.92 Å². The third kappa shape index (κ3) is 3.86. The maximum atomic E-state index is 11.6. The number of carbonyl (C=O) groups is 2. The van der Waals surface area contributed by atoms with Crippen LogP contribution in [0.3, 0.4) is 0 Å². The van der Waals surface area contributed by atoms with Crippen molar-refractivity contribution < 1.29 is 14.7 Å². The van der Waals surface area contributed by atoms with E-state index in [1.165, 1.54) is 13.8 Å². The minimum absolute atomic E-state index is 0.0732. The summed E-state index contributed by atoms with van der Waals surface area (Å²) in [6.07, 6.45) is 1.47. The molecule has 0 spiro atoms. The van der Waals surface area contributed by atoms with Crippen molar-refractivity contribution in [2.45, 2.75) is 27.2 Å². The molecule has 0 saturated carbocycles. The third-order valence-corrected chi connectivity index (χ3v) is 2.38. The van der Waals surface area contributed by atoms with Gasteiger partial charge in [-0.1, -0.05) is 0 Å². The molecule has 0 aliphatic carbocycles. The van der Waals surface area contributed by atoms with Crippen LogP contribution in [0.5, 0.6) is 0 Å². The van der Waals surface area contributed by atoms with Crippen molar-refractivity contribution in [3.05, 3.63) is 24.0 Å². The Labute approximate surface area is 99.9 Å². The molecule has 1 rings (SSSR count). The first-order valence-electron chi connectivity index (χ1n) is 5.27. The number of aromatic nitrogens is 1. The van der Waals surface area contributed by atoms with Gasteiger partial charge in [0, 0.05) is 12.1 Å². The highest BCUT2D eigenvalue weighted by Crippen LogP contribution is 2.21. The summed E-state index contributed by atoms with van der Waals surface area (Å²) in [4.78, 5) is 26.5. The molecule has 0 saturated heterocycles. The highest BCUT2D eigenvalue weighted by molar-refractivity contribution is 5.93. The number of amides is 1. The van der Waals surface area contributed by atoms with Crippen molar-refractivity contribution in [3.63, 3.8) is 0 Å². The van der Waals surface area contributed by atoms with Gasteiger partial charge in [0.1, 0.15) is 0 Å². The molecule has 1 heterocycles. The van der Waals surface area contributed by atoms with Crippen LogP contribution in [-0.2, 0) is 9.59 Å². The zero-order chi connectivity index (χ0) is 13.1. The Bertz CT molecular complexity index is 424. The van der Waals surface area contributed by atoms with Crippen LogP contribution >= 0.6 is 0 Å². The summed E-state index contributed by atoms with van der Waals surface area (Å²) >= 11 is 0. The molecule has 0 aliphatic heterocycles. The van der Waals surface area contributed by atoms with Crippen molar-refractivity contribution in [3.8, 4) is 0 Å². The normalized spacial score (nSPS) is 11.0. The van der Waals surface area contributed by atoms with Crippen molar-refractivity contribution in [1.82, 2.24) is 4.98 Å². The van der Waals surface area contributed by atoms with Gasteiger partial charge in [0.25, 0.3) is 0 Å². The Balaban J connectivity index is 2.62. The topological polar surface area (TPSA) is 79.3 Å². The summed E-state index contributed by atoms with van der Waals surface area (Å²) in [5.41, 5.74) is 0.359. The molecule has 1 aromatic heterocycles. The number of nitrogens with zero attached hydrogens (tertiary/aromatic N) is 1. The lowest BCUT2D eigenvalue weighted by molar-refractivity contribution is -0.148. The molecule has 0 aromatic carbocycles. The van der Waals surface area contributed by atoms with Crippen molar-refractivity contribution >= 4 is 17.6 Å². The van der Waals surface area contributed by atoms with Crippen LogP contribution in [0.2, 0.25) is 0 Å². The molecule has 0 aliphatic rings. The van der Waals surface area contributed by atoms with Crippen LogP contribution < -0.4 is 5.32 Å². The van der Waals surface area contributed by atoms with Gasteiger partial charge in [0.2, 0.25) is 5.91 Å². The number of anilines is 1. The van der Waals surface area contributed by atoms with E-state index in [-0.39, 0.29) is 12.3 Å². The van der Waals surface area contributed by atoms with Crippen LogP contribution in [-0.4, -0.2) is 22.0 Å². The fourth-order valence-corrected chi connectivity index (χ4v) is 1.22. The van der Waals surface area contributed by atoms with Crippen molar-refractivity contribution in [2.24, 2.45) is 5.41 Å². The van der Waals surface area contributed by atoms with Gasteiger partial charge in [-0.3, -0.25) is 14.6 Å². The van der Waals surface area contributed by atoms with Crippen molar-refractivity contribution in [2.75, 3.05) is 5.32 Å². The zero-order valence-corrected chi connectivity index (χ0v) is 10.2. The molecule has 1 amide bonds. The summed E-state index contributed by atoms with van der Waals surface area (Å²) in [6.45, 7) is 4.88. The second kappa shape index (κ2) is 4.95. The Morgan fingerprint density at radius 3 is 2.53 bits per heavy atom. The lowest BCUT2D eigenvalue weighted by Gasteiger charge is -2.18. The maximum Gasteiger partial charge on any atom is 0.309 e. The second-order valence-corrected chi connectivity index (χ2v) is 4.60. The largest absolute Gasteiger partial charge is 0.481 e. The average molecular weight is 236 g/mol. The van der Waals surface area contributed by atoms with Gasteiger partial charge < -0.3 is 10.4 Å². The lowest BCUT2D eigenvalue weighted by Crippen LogP contribution is -2.29. The Morgan fingerprint density at radius 1 is 1.41 bits per heavy atom. The first-order chi connectivity index (χ1) is 7.81. The molecule has 92 valence electrons. The van der Waals surface area contributed by atoms with E-state index in [0.29, 0.717) is 5.69 Å². The van der Waals surface area contributed by atoms with Gasteiger partial charge >= 0.3 is 5.97 Å². The summed E-state index contributed by atoms with van der Waals surface area (Å²) in [6, 6.07) is 3.51. The van der Waals surface area contributed by atoms with Crippen LogP contribution in [0, 0.1) is 12.3 Å². The molecule has 17 heavy (non-hydrogen) atoms. The Hall–Kier alpha value is -1.91. The highest BCUT2D eigenvalue weighted by atomic mass is 16.4. The number of carboxylic acid groups (broad SMARTS) is 1. The third-order valence-electron chi connectivity index (χ3n) is 2.38. The van der Waals surface area contributed by atoms with Crippen LogP contribution in [0.15, 0.2) is 18.3 Å². The van der Waals surface area contributed by atoms with Gasteiger partial charge in [-0.15, -0.1) is 0 Å². The molecule has 5 heteroatoms. The van der Waals surface area contributed by atoms with Crippen LogP contribution in [0.25, 0.3) is 0 Å². The maximum absolute atomic E-state index is 11.6. The number of aryl methyl sites for hydroxylation is 1. The molecule has 0 fully saturated rings. The molecule has 0 bridgehead atoms. The van der Waals surface area contributed by atoms with E-state index in [1.54, 1.807) is 18.3 Å². The highest BCUT2D eigenvalue weighted by Gasteiger charge is 2.30. The van der Waals surface area contributed by atoms with E-state index in [0.717, 1.165) is 5.69 Å². The molecule has 2 N–H and O–H groups in total. The standard InChI is InChI=1S/C12H16N2O3/c1-8-4-5-9(7-13-8)14-10(15)6-12(2,3)11(16)17/h4-5,7H,6H2,1-3H3,(H,14,15)(H,16,17). The van der Waals surface area contributed by atoms with Gasteiger partial charge in [0.05, 0.1) is 17.3 Å². The molecule has 0 atom stereocenters. The first kappa shape index (κ1) is 13.2. The number of hydrogen-bond acceptors (Lipinski definition) is 3. The van der Waals surface area contributed by atoms with Crippen molar-refractivity contribution in [1.29, 1.82) is 0 Å². The molecule has 5 nitrogen and oxygen atoms in total. The van der Waals surface area contributed by atoms with E-state index in [2.05, 4.69) is 10.3 Å². The Morgan fingerprint density at radius 2 is 2.06 bits per heavy atom. The van der Waals surface area contributed by atoms with Gasteiger partial charge in [-0.25, -0.2) is 0 Å². The van der Waals surface area contributed by atoms with E-state index in [9.17, 15) is 9.59 Å². The number of pyridine rings is 1. The fraction of sp³-hybridized carbons (Fsp3) is 0.417. The molecular formula is C12H16N2O3. The minimum Gasteiger partial charge on any atom is -0.481 e. The summed E-state index contributed by atoms with van der Waals surface area (Å²) < 4.78 is 0. The number of nitrogens with one attached hydrogen (secondary N) is 1. The van der Waals surface area contributed by atoms with Gasteiger partial charge in [0.15, 0.2) is 0 Å². The average Bonchev–Trinajstić information content (AvgIpc) is 2.20. The number of rotatable bonds is 4. The summed E-state index contributed by atoms with van der Waals surface area (Å²) in [7, 11) is 0. The fourth-order valence-electron chi connectivity index (χ4n) is 1.22. The van der Waals surface area contributed by atoms with Crippen LogP contribution in [0.1, 0.15) is 26.0 Å². The predicted octanol–water partition coefficient (Wildman–Crippen LogP) is 1.83. The van der Waals surface area contributed by atoms with E-state index in [4.69, 9.17) is 5.11 Å². The smallest absolute Gasteiger partial charge is 0.309 e. The quantitative estimate of drug-likeness (QED) is 0.835. The minimum atomic E-state index is -1.07. The number of carboxylic acids is 1. The second-order valence-electron chi connectivity index (χ2n) is 4.60. The SMILES string of the molecule is Cc1ccc(NC(=O)CC(C)(C)C(=O)O)cn1. The van der Waals surface area contributed by atoms with E-state index < -0.39 is 11.4 Å². The first-order valence-corrected chi connectivity index (χ1v) is 5.27. The van der Waals surface area contributed by atoms with Gasteiger partial charge in [-0.2, -0.15) is 0 Å². The molecule has 0 radical (unpaired) electrons. The number of carbonyl (C=O) groups excluding carboxylic acids is 1. The zero-order valence-electron chi connectivity index (χ0n) is 10.2. The predicted molar refractivity (Wildman–Crippen MR) is 63.6 cm³/mol. The van der Waals surface area contributed by atoms with Gasteiger partial charge in [-0.05, 0) is 32.9 Å². The molecule has 1 aromatic rings. The molecule has 0 unspecified atom stereocenters. The lowest BCUT2D eigenvalue weighted by atomic mass is 9.89. The van der Waals surface area contributed by atoms with E-state index >= 15 is 0 Å². The number of aliphatic carboxylic acids is 1. The molecular weight excluding hydrogens is 220 g/mol. The number of hydrogen-bond donors (Lipinski definition) is 2. The summed E-state index contributed by atoms with van der Waals surface area (Å²) in [5.74, 6) is -1.32.